The molecule has 3 N–H and O–H groups in total. The highest BCUT2D eigenvalue weighted by atomic mass is 79.9. The van der Waals surface area contributed by atoms with Crippen molar-refractivity contribution in [2.75, 3.05) is 5.73 Å². The lowest BCUT2D eigenvalue weighted by Crippen LogP contribution is -2.24. The normalized spacial score (nSPS) is 11.6. The van der Waals surface area contributed by atoms with Crippen LogP contribution >= 0.6 is 15.9 Å². The Morgan fingerprint density at radius 2 is 1.76 bits per heavy atom. The van der Waals surface area contributed by atoms with E-state index in [-0.39, 0.29) is 17.8 Å². The van der Waals surface area contributed by atoms with Crippen LogP contribution in [0, 0.1) is 11.6 Å². The quantitative estimate of drug-likeness (QED) is 0.805. The molecular formula is C13H11BrF2N2O2S. The molecular weight excluding hydrogens is 366 g/mol. The molecule has 0 radical (unpaired) electrons. The Hall–Kier alpha value is -1.51. The average Bonchev–Trinajstić information content (AvgIpc) is 2.42. The van der Waals surface area contributed by atoms with Gasteiger partial charge < -0.3 is 5.73 Å². The number of benzene rings is 2. The molecule has 0 unspecified atom stereocenters. The molecule has 8 heteroatoms. The molecule has 0 amide bonds. The van der Waals surface area contributed by atoms with Gasteiger partial charge in [0.05, 0.1) is 0 Å². The Labute approximate surface area is 129 Å². The zero-order valence-electron chi connectivity index (χ0n) is 10.6. The third kappa shape index (κ3) is 3.78. The van der Waals surface area contributed by atoms with Crippen LogP contribution in [0.2, 0.25) is 0 Å². The van der Waals surface area contributed by atoms with E-state index >= 15 is 0 Å². The third-order valence-electron chi connectivity index (χ3n) is 2.71. The summed E-state index contributed by atoms with van der Waals surface area (Å²) in [5.74, 6) is -1.49. The van der Waals surface area contributed by atoms with Crippen molar-refractivity contribution in [3.05, 3.63) is 58.1 Å². The maximum absolute atomic E-state index is 13.6. The number of nitrogens with one attached hydrogen (secondary N) is 1. The van der Waals surface area contributed by atoms with Crippen LogP contribution in [0.5, 0.6) is 0 Å². The number of nitrogen functional groups attached to an aromatic ring is 1. The topological polar surface area (TPSA) is 72.2 Å². The van der Waals surface area contributed by atoms with E-state index in [1.165, 1.54) is 24.3 Å². The van der Waals surface area contributed by atoms with Gasteiger partial charge in [-0.05, 0) is 36.4 Å². The van der Waals surface area contributed by atoms with E-state index in [0.29, 0.717) is 4.47 Å². The fourth-order valence-corrected chi connectivity index (χ4v) is 3.18. The maximum atomic E-state index is 13.6. The number of nitrogens with two attached hydrogens (primary N) is 1. The van der Waals surface area contributed by atoms with E-state index in [0.717, 1.165) is 12.1 Å². The summed E-state index contributed by atoms with van der Waals surface area (Å²) in [5.41, 5.74) is 5.70. The zero-order valence-corrected chi connectivity index (χ0v) is 13.0. The molecule has 0 spiro atoms. The second-order valence-electron chi connectivity index (χ2n) is 4.25. The van der Waals surface area contributed by atoms with Gasteiger partial charge in [0.2, 0.25) is 10.0 Å². The first-order valence-corrected chi connectivity index (χ1v) is 8.06. The minimum atomic E-state index is -4.13. The molecule has 0 fully saturated rings. The predicted octanol–water partition coefficient (Wildman–Crippen LogP) is 2.79. The van der Waals surface area contributed by atoms with Crippen LogP contribution in [0.3, 0.4) is 0 Å². The molecule has 0 heterocycles. The molecule has 0 aliphatic carbocycles. The maximum Gasteiger partial charge on any atom is 0.243 e. The Morgan fingerprint density at radius 3 is 2.48 bits per heavy atom. The van der Waals surface area contributed by atoms with Gasteiger partial charge in [-0.3, -0.25) is 0 Å². The lowest BCUT2D eigenvalue weighted by Gasteiger charge is -2.09. The Kier molecular flexibility index (Phi) is 4.60. The molecule has 0 saturated heterocycles. The number of sulfonamides is 1. The summed E-state index contributed by atoms with van der Waals surface area (Å²) in [4.78, 5) is -0.571. The molecule has 2 rings (SSSR count). The first kappa shape index (κ1) is 15.9. The second-order valence-corrected chi connectivity index (χ2v) is 6.90. The average molecular weight is 377 g/mol. The molecule has 21 heavy (non-hydrogen) atoms. The lowest BCUT2D eigenvalue weighted by atomic mass is 10.2. The zero-order chi connectivity index (χ0) is 15.6. The van der Waals surface area contributed by atoms with Crippen molar-refractivity contribution in [2.45, 2.75) is 11.4 Å². The molecule has 4 nitrogen and oxygen atoms in total. The summed E-state index contributed by atoms with van der Waals surface area (Å²) < 4.78 is 53.9. The highest BCUT2D eigenvalue weighted by molar-refractivity contribution is 9.10. The van der Waals surface area contributed by atoms with E-state index in [2.05, 4.69) is 20.7 Å². The number of hydrogen-bond donors (Lipinski definition) is 2. The minimum Gasteiger partial charge on any atom is -0.399 e. The van der Waals surface area contributed by atoms with Gasteiger partial charge in [-0.1, -0.05) is 15.9 Å². The van der Waals surface area contributed by atoms with Crippen molar-refractivity contribution in [3.8, 4) is 0 Å². The lowest BCUT2D eigenvalue weighted by molar-refractivity contribution is 0.554. The van der Waals surface area contributed by atoms with Crippen molar-refractivity contribution in [3.63, 3.8) is 0 Å². The molecule has 0 aliphatic heterocycles. The van der Waals surface area contributed by atoms with Gasteiger partial charge in [0.25, 0.3) is 0 Å². The number of anilines is 1. The SMILES string of the molecule is Nc1ccc(F)c(S(=O)(=O)NCc2cc(Br)ccc2F)c1. The van der Waals surface area contributed by atoms with Gasteiger partial charge >= 0.3 is 0 Å². The van der Waals surface area contributed by atoms with Crippen LogP contribution in [0.4, 0.5) is 14.5 Å². The Bertz CT molecular complexity index is 782. The summed E-state index contributed by atoms with van der Waals surface area (Å²) in [7, 11) is -4.13. The van der Waals surface area contributed by atoms with Crippen molar-refractivity contribution >= 4 is 31.6 Å². The van der Waals surface area contributed by atoms with E-state index in [1.54, 1.807) is 0 Å². The van der Waals surface area contributed by atoms with Gasteiger partial charge in [0.1, 0.15) is 16.5 Å². The highest BCUT2D eigenvalue weighted by Crippen LogP contribution is 2.19. The van der Waals surface area contributed by atoms with Gasteiger partial charge in [-0.15, -0.1) is 0 Å². The number of hydrogen-bond acceptors (Lipinski definition) is 3. The third-order valence-corrected chi connectivity index (χ3v) is 4.61. The predicted molar refractivity (Wildman–Crippen MR) is 78.9 cm³/mol. The molecule has 2 aromatic carbocycles. The standard InChI is InChI=1S/C13H11BrF2N2O2S/c14-9-1-3-11(15)8(5-9)7-18-21(19,20)13-6-10(17)2-4-12(13)16/h1-6,18H,7,17H2. The van der Waals surface area contributed by atoms with Crippen LogP contribution < -0.4 is 10.5 Å². The smallest absolute Gasteiger partial charge is 0.243 e. The Morgan fingerprint density at radius 1 is 1.10 bits per heavy atom. The number of halogens is 3. The van der Waals surface area contributed by atoms with Crippen LogP contribution in [0.25, 0.3) is 0 Å². The van der Waals surface area contributed by atoms with Crippen LogP contribution in [-0.2, 0) is 16.6 Å². The van der Waals surface area contributed by atoms with Gasteiger partial charge in [0.15, 0.2) is 0 Å². The van der Waals surface area contributed by atoms with Crippen LogP contribution in [0.15, 0.2) is 45.8 Å². The van der Waals surface area contributed by atoms with E-state index in [1.807, 2.05) is 0 Å². The molecule has 0 aliphatic rings. The van der Waals surface area contributed by atoms with E-state index in [9.17, 15) is 17.2 Å². The summed E-state index contributed by atoms with van der Waals surface area (Å²) in [5, 5.41) is 0. The van der Waals surface area contributed by atoms with E-state index in [4.69, 9.17) is 5.73 Å². The monoisotopic (exact) mass is 376 g/mol. The van der Waals surface area contributed by atoms with E-state index < -0.39 is 26.6 Å². The van der Waals surface area contributed by atoms with Gasteiger partial charge in [0, 0.05) is 22.3 Å². The van der Waals surface area contributed by atoms with Gasteiger partial charge in [-0.2, -0.15) is 0 Å². The molecule has 112 valence electrons. The van der Waals surface area contributed by atoms with Crippen molar-refractivity contribution in [1.29, 1.82) is 0 Å². The minimum absolute atomic E-state index is 0.116. The Balaban J connectivity index is 2.26. The second kappa shape index (κ2) is 6.08. The number of rotatable bonds is 4. The fourth-order valence-electron chi connectivity index (χ4n) is 1.66. The first-order chi connectivity index (χ1) is 9.79. The van der Waals surface area contributed by atoms with Crippen molar-refractivity contribution in [1.82, 2.24) is 4.72 Å². The van der Waals surface area contributed by atoms with Gasteiger partial charge in [-0.25, -0.2) is 21.9 Å². The summed E-state index contributed by atoms with van der Waals surface area (Å²) in [6.45, 7) is -0.304. The summed E-state index contributed by atoms with van der Waals surface area (Å²) >= 11 is 3.16. The summed E-state index contributed by atoms with van der Waals surface area (Å²) in [6.07, 6.45) is 0. The molecule has 2 aromatic rings. The van der Waals surface area contributed by atoms with Crippen molar-refractivity contribution in [2.24, 2.45) is 0 Å². The first-order valence-electron chi connectivity index (χ1n) is 5.78. The highest BCUT2D eigenvalue weighted by Gasteiger charge is 2.19. The molecule has 0 bridgehead atoms. The molecule has 0 saturated carbocycles. The fraction of sp³-hybridized carbons (Fsp3) is 0.0769. The van der Waals surface area contributed by atoms with Crippen molar-refractivity contribution < 1.29 is 17.2 Å². The molecule has 0 atom stereocenters. The summed E-state index contributed by atoms with van der Waals surface area (Å²) in [6, 6.07) is 7.36. The van der Waals surface area contributed by atoms with Crippen LogP contribution in [-0.4, -0.2) is 8.42 Å². The molecule has 0 aromatic heterocycles. The van der Waals surface area contributed by atoms with Crippen LogP contribution in [0.1, 0.15) is 5.56 Å². The largest absolute Gasteiger partial charge is 0.399 e.